The van der Waals surface area contributed by atoms with Crippen LogP contribution in [0, 0.1) is 0 Å². The van der Waals surface area contributed by atoms with Crippen molar-refractivity contribution in [3.05, 3.63) is 53.9 Å². The maximum atomic E-state index is 12.4. The molecule has 2 aromatic heterocycles. The fourth-order valence-electron chi connectivity index (χ4n) is 2.71. The first-order valence-electron chi connectivity index (χ1n) is 7.54. The minimum atomic E-state index is -0.525. The lowest BCUT2D eigenvalue weighted by Crippen LogP contribution is -2.12. The van der Waals surface area contributed by atoms with Gasteiger partial charge in [-0.2, -0.15) is 0 Å². The number of carbonyl (C=O) groups is 2. The summed E-state index contributed by atoms with van der Waals surface area (Å²) in [6.07, 6.45) is 3.44. The van der Waals surface area contributed by atoms with E-state index in [1.165, 1.54) is 0 Å². The molecule has 0 atom stereocenters. The number of esters is 2. The van der Waals surface area contributed by atoms with E-state index in [9.17, 15) is 9.59 Å². The van der Waals surface area contributed by atoms with Crippen molar-refractivity contribution in [2.75, 3.05) is 13.2 Å². The Kier molecular flexibility index (Phi) is 4.02. The van der Waals surface area contributed by atoms with E-state index in [4.69, 9.17) is 9.47 Å². The Labute approximate surface area is 133 Å². The quantitative estimate of drug-likeness (QED) is 0.693. The number of hydrogen-bond acceptors (Lipinski definition) is 4. The third-order valence-electron chi connectivity index (χ3n) is 3.64. The molecule has 118 valence electrons. The SMILES string of the molecule is CCOC(=O)c1cn2ccc3ccccc3c2c1C(=O)OCC. The van der Waals surface area contributed by atoms with Gasteiger partial charge < -0.3 is 13.9 Å². The predicted octanol–water partition coefficient (Wildman–Crippen LogP) is 3.45. The minimum absolute atomic E-state index is 0.224. The van der Waals surface area contributed by atoms with Crippen molar-refractivity contribution in [3.63, 3.8) is 0 Å². The molecule has 0 N–H and O–H groups in total. The van der Waals surface area contributed by atoms with Gasteiger partial charge in [-0.05, 0) is 25.3 Å². The number of fused-ring (bicyclic) bond motifs is 3. The lowest BCUT2D eigenvalue weighted by atomic mass is 10.1. The van der Waals surface area contributed by atoms with Gasteiger partial charge in [-0.25, -0.2) is 9.59 Å². The number of pyridine rings is 1. The maximum Gasteiger partial charge on any atom is 0.341 e. The topological polar surface area (TPSA) is 57.0 Å². The van der Waals surface area contributed by atoms with E-state index in [1.54, 1.807) is 24.4 Å². The first-order valence-corrected chi connectivity index (χ1v) is 7.54. The molecule has 0 saturated heterocycles. The second-order valence-corrected chi connectivity index (χ2v) is 5.02. The summed E-state index contributed by atoms with van der Waals surface area (Å²) in [4.78, 5) is 24.7. The van der Waals surface area contributed by atoms with Gasteiger partial charge in [0, 0.05) is 17.8 Å². The molecule has 0 amide bonds. The van der Waals surface area contributed by atoms with Gasteiger partial charge in [-0.1, -0.05) is 24.3 Å². The van der Waals surface area contributed by atoms with E-state index in [-0.39, 0.29) is 24.3 Å². The normalized spacial score (nSPS) is 10.9. The Hall–Kier alpha value is -2.82. The molecule has 2 heterocycles. The maximum absolute atomic E-state index is 12.4. The fraction of sp³-hybridized carbons (Fsp3) is 0.222. The first kappa shape index (κ1) is 15.1. The summed E-state index contributed by atoms with van der Waals surface area (Å²) in [5.41, 5.74) is 1.13. The zero-order valence-corrected chi connectivity index (χ0v) is 13.0. The second-order valence-electron chi connectivity index (χ2n) is 5.02. The van der Waals surface area contributed by atoms with E-state index in [0.29, 0.717) is 5.52 Å². The highest BCUT2D eigenvalue weighted by Gasteiger charge is 2.25. The van der Waals surface area contributed by atoms with Crippen LogP contribution >= 0.6 is 0 Å². The Morgan fingerprint density at radius 3 is 2.43 bits per heavy atom. The number of carbonyl (C=O) groups excluding carboxylic acids is 2. The number of aromatic nitrogens is 1. The largest absolute Gasteiger partial charge is 0.462 e. The van der Waals surface area contributed by atoms with Gasteiger partial charge in [0.05, 0.1) is 24.3 Å². The molecule has 5 nitrogen and oxygen atoms in total. The van der Waals surface area contributed by atoms with Gasteiger partial charge in [0.2, 0.25) is 0 Å². The van der Waals surface area contributed by atoms with Gasteiger partial charge in [0.15, 0.2) is 0 Å². The molecule has 3 rings (SSSR count). The molecular weight excluding hydrogens is 294 g/mol. The van der Waals surface area contributed by atoms with Crippen LogP contribution < -0.4 is 0 Å². The molecule has 23 heavy (non-hydrogen) atoms. The summed E-state index contributed by atoms with van der Waals surface area (Å²) in [5, 5.41) is 1.87. The number of ether oxygens (including phenoxy) is 2. The van der Waals surface area contributed by atoms with E-state index < -0.39 is 11.9 Å². The monoisotopic (exact) mass is 311 g/mol. The predicted molar refractivity (Wildman–Crippen MR) is 86.8 cm³/mol. The average Bonchev–Trinajstić information content (AvgIpc) is 2.95. The van der Waals surface area contributed by atoms with Gasteiger partial charge in [-0.15, -0.1) is 0 Å². The zero-order valence-electron chi connectivity index (χ0n) is 13.0. The Morgan fingerprint density at radius 2 is 1.70 bits per heavy atom. The van der Waals surface area contributed by atoms with Gasteiger partial charge in [0.25, 0.3) is 0 Å². The molecular formula is C18H17NO4. The molecule has 0 aliphatic carbocycles. The van der Waals surface area contributed by atoms with Crippen LogP contribution in [0.5, 0.6) is 0 Å². The molecule has 0 saturated carbocycles. The average molecular weight is 311 g/mol. The lowest BCUT2D eigenvalue weighted by Gasteiger charge is -2.06. The van der Waals surface area contributed by atoms with E-state index in [2.05, 4.69) is 0 Å². The number of nitrogens with zero attached hydrogens (tertiary/aromatic N) is 1. The third kappa shape index (κ3) is 2.54. The Balaban J connectivity index is 2.35. The number of rotatable bonds is 4. The Morgan fingerprint density at radius 1 is 1.00 bits per heavy atom. The third-order valence-corrected chi connectivity index (χ3v) is 3.64. The van der Waals surface area contributed by atoms with Gasteiger partial charge >= 0.3 is 11.9 Å². The first-order chi connectivity index (χ1) is 11.2. The van der Waals surface area contributed by atoms with Crippen LogP contribution in [-0.4, -0.2) is 29.6 Å². The van der Waals surface area contributed by atoms with Crippen molar-refractivity contribution in [2.45, 2.75) is 13.8 Å². The number of hydrogen-bond donors (Lipinski definition) is 0. The molecule has 0 aliphatic heterocycles. The van der Waals surface area contributed by atoms with Gasteiger partial charge in [0.1, 0.15) is 5.56 Å². The fourth-order valence-corrected chi connectivity index (χ4v) is 2.71. The minimum Gasteiger partial charge on any atom is -0.462 e. The van der Waals surface area contributed by atoms with Crippen LogP contribution in [0.3, 0.4) is 0 Å². The van der Waals surface area contributed by atoms with Crippen molar-refractivity contribution in [1.29, 1.82) is 0 Å². The van der Waals surface area contributed by atoms with Crippen LogP contribution in [0.25, 0.3) is 16.3 Å². The molecule has 0 fully saturated rings. The molecule has 1 aromatic carbocycles. The summed E-state index contributed by atoms with van der Waals surface area (Å²) in [6, 6.07) is 9.64. The summed E-state index contributed by atoms with van der Waals surface area (Å²) in [5.74, 6) is -1.04. The standard InChI is InChI=1S/C18H17NO4/c1-3-22-17(20)14-11-19-10-9-12-7-5-6-8-13(12)16(19)15(14)18(21)23-4-2/h5-11H,3-4H2,1-2H3. The Bertz CT molecular complexity index is 895. The lowest BCUT2D eigenvalue weighted by molar-refractivity contribution is 0.0482. The van der Waals surface area contributed by atoms with Gasteiger partial charge in [-0.3, -0.25) is 0 Å². The molecule has 0 unspecified atom stereocenters. The van der Waals surface area contributed by atoms with Crippen LogP contribution in [0.4, 0.5) is 0 Å². The summed E-state index contributed by atoms with van der Waals surface area (Å²) >= 11 is 0. The highest BCUT2D eigenvalue weighted by Crippen LogP contribution is 2.28. The summed E-state index contributed by atoms with van der Waals surface area (Å²) in [7, 11) is 0. The van der Waals surface area contributed by atoms with Crippen molar-refractivity contribution in [1.82, 2.24) is 4.40 Å². The molecule has 0 bridgehead atoms. The summed E-state index contributed by atoms with van der Waals surface area (Å²) < 4.78 is 12.0. The molecule has 5 heteroatoms. The smallest absolute Gasteiger partial charge is 0.341 e. The highest BCUT2D eigenvalue weighted by atomic mass is 16.5. The van der Waals surface area contributed by atoms with Crippen LogP contribution in [0.2, 0.25) is 0 Å². The van der Waals surface area contributed by atoms with E-state index in [0.717, 1.165) is 10.8 Å². The zero-order chi connectivity index (χ0) is 16.4. The van der Waals surface area contributed by atoms with Crippen molar-refractivity contribution in [3.8, 4) is 0 Å². The molecule has 0 aliphatic rings. The van der Waals surface area contributed by atoms with Crippen molar-refractivity contribution < 1.29 is 19.1 Å². The molecule has 0 radical (unpaired) electrons. The van der Waals surface area contributed by atoms with Crippen LogP contribution in [0.15, 0.2) is 42.7 Å². The van der Waals surface area contributed by atoms with Crippen molar-refractivity contribution in [2.24, 2.45) is 0 Å². The van der Waals surface area contributed by atoms with Crippen molar-refractivity contribution >= 4 is 28.2 Å². The number of benzene rings is 1. The second kappa shape index (κ2) is 6.12. The van der Waals surface area contributed by atoms with E-state index in [1.807, 2.05) is 36.5 Å². The van der Waals surface area contributed by atoms with Crippen LogP contribution in [-0.2, 0) is 9.47 Å². The molecule has 3 aromatic rings. The van der Waals surface area contributed by atoms with E-state index >= 15 is 0 Å². The molecule has 0 spiro atoms. The highest BCUT2D eigenvalue weighted by molar-refractivity contribution is 6.14. The summed E-state index contributed by atoms with van der Waals surface area (Å²) in [6.45, 7) is 3.95. The van der Waals surface area contributed by atoms with Crippen LogP contribution in [0.1, 0.15) is 34.6 Å².